The summed E-state index contributed by atoms with van der Waals surface area (Å²) in [7, 11) is 3.14. The summed E-state index contributed by atoms with van der Waals surface area (Å²) in [4.78, 5) is 31.9. The molecule has 33 heavy (non-hydrogen) atoms. The third kappa shape index (κ3) is 3.25. The molecule has 2 aromatic carbocycles. The molecule has 1 unspecified atom stereocenters. The van der Waals surface area contributed by atoms with Crippen molar-refractivity contribution < 1.29 is 19.1 Å². The van der Waals surface area contributed by atoms with E-state index in [1.807, 2.05) is 32.0 Å². The molecule has 8 heteroatoms. The number of hydrogen-bond acceptors (Lipinski definition) is 5. The molecular formula is C25H26N4O4. The molecular weight excluding hydrogens is 420 g/mol. The number of carbonyl (C=O) groups is 2. The minimum atomic E-state index is -0.640. The molecule has 0 radical (unpaired) electrons. The number of hydrogen-bond donors (Lipinski definition) is 1. The summed E-state index contributed by atoms with van der Waals surface area (Å²) in [5.41, 5.74) is 3.13. The van der Waals surface area contributed by atoms with Gasteiger partial charge in [0.05, 0.1) is 26.0 Å². The Bertz CT molecular complexity index is 1290. The summed E-state index contributed by atoms with van der Waals surface area (Å²) in [6.45, 7) is 3.86. The lowest BCUT2D eigenvalue weighted by molar-refractivity contribution is -0.163. The number of benzene rings is 2. The van der Waals surface area contributed by atoms with Gasteiger partial charge in [-0.3, -0.25) is 9.59 Å². The van der Waals surface area contributed by atoms with Crippen molar-refractivity contribution >= 4 is 28.9 Å². The van der Waals surface area contributed by atoms with Crippen molar-refractivity contribution in [2.45, 2.75) is 31.8 Å². The van der Waals surface area contributed by atoms with Crippen molar-refractivity contribution in [1.82, 2.24) is 14.9 Å². The van der Waals surface area contributed by atoms with Crippen LogP contribution in [0.3, 0.4) is 0 Å². The van der Waals surface area contributed by atoms with Gasteiger partial charge >= 0.3 is 0 Å². The Hall–Kier alpha value is -3.81. The number of fused-ring (bicyclic) bond motifs is 4. The number of nitrogens with zero attached hydrogens (tertiary/aromatic N) is 3. The van der Waals surface area contributed by atoms with E-state index in [1.165, 1.54) is 5.01 Å². The first-order chi connectivity index (χ1) is 15.8. The van der Waals surface area contributed by atoms with Crippen LogP contribution >= 0.6 is 0 Å². The molecule has 1 N–H and O–H groups in total. The van der Waals surface area contributed by atoms with Crippen LogP contribution in [0.2, 0.25) is 0 Å². The maximum atomic E-state index is 13.5. The number of nitrogens with one attached hydrogen (secondary N) is 1. The number of para-hydroxylation sites is 1. The van der Waals surface area contributed by atoms with Gasteiger partial charge in [0.25, 0.3) is 5.91 Å². The summed E-state index contributed by atoms with van der Waals surface area (Å²) in [5.74, 6) is 0.899. The van der Waals surface area contributed by atoms with E-state index in [0.717, 1.165) is 22.2 Å². The van der Waals surface area contributed by atoms with Crippen LogP contribution in [-0.4, -0.2) is 59.7 Å². The van der Waals surface area contributed by atoms with Gasteiger partial charge in [-0.15, -0.1) is 0 Å². The molecule has 5 rings (SSSR count). The van der Waals surface area contributed by atoms with E-state index in [-0.39, 0.29) is 18.4 Å². The summed E-state index contributed by atoms with van der Waals surface area (Å²) >= 11 is 0. The molecule has 1 fully saturated rings. The summed E-state index contributed by atoms with van der Waals surface area (Å²) < 4.78 is 10.6. The number of piperazine rings is 1. The molecule has 0 aliphatic carbocycles. The molecule has 1 aromatic heterocycles. The second-order valence-corrected chi connectivity index (χ2v) is 8.82. The molecule has 170 valence electrons. The molecule has 1 saturated heterocycles. The Morgan fingerprint density at radius 3 is 2.67 bits per heavy atom. The van der Waals surface area contributed by atoms with Gasteiger partial charge in [0.15, 0.2) is 0 Å². The first-order valence-electron chi connectivity index (χ1n) is 10.8. The van der Waals surface area contributed by atoms with Gasteiger partial charge in [0, 0.05) is 34.6 Å². The fraction of sp³-hybridized carbons (Fsp3) is 0.320. The third-order valence-electron chi connectivity index (χ3n) is 6.61. The number of ether oxygens (including phenoxy) is 2. The molecule has 1 atom stereocenters. The highest BCUT2D eigenvalue weighted by atomic mass is 16.5. The average Bonchev–Trinajstić information content (AvgIpc) is 3.20. The zero-order valence-electron chi connectivity index (χ0n) is 19.1. The van der Waals surface area contributed by atoms with Crippen LogP contribution in [-0.2, 0) is 21.5 Å². The normalized spacial score (nSPS) is 19.7. The van der Waals surface area contributed by atoms with E-state index in [0.29, 0.717) is 23.5 Å². The lowest BCUT2D eigenvalue weighted by atomic mass is 9.82. The van der Waals surface area contributed by atoms with Crippen LogP contribution in [0.25, 0.3) is 10.9 Å². The number of H-pyrrole nitrogens is 1. The van der Waals surface area contributed by atoms with Crippen molar-refractivity contribution in [2.75, 3.05) is 20.8 Å². The highest BCUT2D eigenvalue weighted by molar-refractivity contribution is 5.98. The van der Waals surface area contributed by atoms with Crippen LogP contribution in [0.5, 0.6) is 11.5 Å². The molecule has 0 saturated carbocycles. The van der Waals surface area contributed by atoms with Crippen molar-refractivity contribution in [3.05, 3.63) is 59.3 Å². The highest BCUT2D eigenvalue weighted by Gasteiger charge is 2.51. The van der Waals surface area contributed by atoms with E-state index in [4.69, 9.17) is 9.47 Å². The molecule has 0 bridgehead atoms. The van der Waals surface area contributed by atoms with E-state index >= 15 is 0 Å². The smallest absolute Gasteiger partial charge is 0.266 e. The second-order valence-electron chi connectivity index (χ2n) is 8.82. The van der Waals surface area contributed by atoms with E-state index < -0.39 is 11.6 Å². The first-order valence-corrected chi connectivity index (χ1v) is 10.8. The van der Waals surface area contributed by atoms with Crippen LogP contribution in [0.15, 0.2) is 47.6 Å². The molecule has 2 amide bonds. The maximum Gasteiger partial charge on any atom is 0.266 e. The SMILES string of the molecule is COc1ccc(C=NN2CC(=O)N3C(Cc4c([nH]c5ccccc45)C3(C)C)C2=O)c(OC)c1. The highest BCUT2D eigenvalue weighted by Crippen LogP contribution is 2.42. The second kappa shape index (κ2) is 7.65. The van der Waals surface area contributed by atoms with Gasteiger partial charge in [-0.2, -0.15) is 5.10 Å². The van der Waals surface area contributed by atoms with Crippen LogP contribution in [0, 0.1) is 0 Å². The number of rotatable bonds is 4. The molecule has 8 nitrogen and oxygen atoms in total. The lowest BCUT2D eigenvalue weighted by Crippen LogP contribution is -2.66. The molecule has 0 spiro atoms. The van der Waals surface area contributed by atoms with Gasteiger partial charge in [-0.1, -0.05) is 18.2 Å². The number of amides is 2. The van der Waals surface area contributed by atoms with Crippen LogP contribution in [0.1, 0.15) is 30.7 Å². The van der Waals surface area contributed by atoms with E-state index in [1.54, 1.807) is 43.5 Å². The van der Waals surface area contributed by atoms with Gasteiger partial charge < -0.3 is 19.4 Å². The summed E-state index contributed by atoms with van der Waals surface area (Å²) in [5, 5.41) is 6.73. The Labute approximate surface area is 191 Å². The van der Waals surface area contributed by atoms with Crippen LogP contribution < -0.4 is 9.47 Å². The molecule has 2 aliphatic rings. The number of aromatic amines is 1. The third-order valence-corrected chi connectivity index (χ3v) is 6.61. The number of aromatic nitrogens is 1. The minimum Gasteiger partial charge on any atom is -0.497 e. The van der Waals surface area contributed by atoms with Crippen LogP contribution in [0.4, 0.5) is 0 Å². The average molecular weight is 447 g/mol. The number of carbonyl (C=O) groups excluding carboxylic acids is 2. The predicted octanol–water partition coefficient (Wildman–Crippen LogP) is 3.05. The lowest BCUT2D eigenvalue weighted by Gasteiger charge is -2.50. The Kier molecular flexibility index (Phi) is 4.88. The number of methoxy groups -OCH3 is 2. The Morgan fingerprint density at radius 1 is 1.12 bits per heavy atom. The van der Waals surface area contributed by atoms with E-state index in [2.05, 4.69) is 16.2 Å². The fourth-order valence-electron chi connectivity index (χ4n) is 5.02. The van der Waals surface area contributed by atoms with Gasteiger partial charge in [-0.05, 0) is 37.6 Å². The number of hydrazone groups is 1. The van der Waals surface area contributed by atoms with E-state index in [9.17, 15) is 9.59 Å². The standard InChI is InChI=1S/C25H26N4O4/c1-25(2)23-18(17-7-5-6-8-19(17)27-23)12-20-24(31)28(14-22(30)29(20)25)26-13-15-9-10-16(32-3)11-21(15)33-4/h5-11,13,20,27H,12,14H2,1-4H3. The van der Waals surface area contributed by atoms with Gasteiger partial charge in [-0.25, -0.2) is 5.01 Å². The molecule has 3 heterocycles. The summed E-state index contributed by atoms with van der Waals surface area (Å²) in [6.07, 6.45) is 2.00. The summed E-state index contributed by atoms with van der Waals surface area (Å²) in [6, 6.07) is 12.8. The zero-order valence-corrected chi connectivity index (χ0v) is 19.1. The minimum absolute atomic E-state index is 0.108. The quantitative estimate of drug-likeness (QED) is 0.624. The fourth-order valence-corrected chi connectivity index (χ4v) is 5.02. The Balaban J connectivity index is 1.49. The van der Waals surface area contributed by atoms with Gasteiger partial charge in [0.2, 0.25) is 5.91 Å². The molecule has 2 aliphatic heterocycles. The topological polar surface area (TPSA) is 87.2 Å². The zero-order chi connectivity index (χ0) is 23.3. The Morgan fingerprint density at radius 2 is 1.91 bits per heavy atom. The monoisotopic (exact) mass is 446 g/mol. The van der Waals surface area contributed by atoms with Gasteiger partial charge in [0.1, 0.15) is 24.1 Å². The van der Waals surface area contributed by atoms with Crippen molar-refractivity contribution in [2.24, 2.45) is 5.10 Å². The maximum absolute atomic E-state index is 13.5. The molecule has 3 aromatic rings. The van der Waals surface area contributed by atoms with Crippen molar-refractivity contribution in [3.8, 4) is 11.5 Å². The largest absolute Gasteiger partial charge is 0.497 e. The van der Waals surface area contributed by atoms with Crippen molar-refractivity contribution in [1.29, 1.82) is 0 Å². The van der Waals surface area contributed by atoms with Crippen molar-refractivity contribution in [3.63, 3.8) is 0 Å². The predicted molar refractivity (Wildman–Crippen MR) is 125 cm³/mol. The first kappa shape index (κ1) is 21.1.